The first-order chi connectivity index (χ1) is 12.7. The fourth-order valence-corrected chi connectivity index (χ4v) is 4.13. The van der Waals surface area contributed by atoms with Crippen LogP contribution >= 0.6 is 0 Å². The molecule has 1 aliphatic heterocycles. The molecule has 2 N–H and O–H groups in total. The zero-order chi connectivity index (χ0) is 19.8. The molecule has 1 saturated heterocycles. The van der Waals surface area contributed by atoms with Crippen LogP contribution in [-0.2, 0) is 16.1 Å². The van der Waals surface area contributed by atoms with Crippen LogP contribution in [-0.4, -0.2) is 42.9 Å². The second kappa shape index (κ2) is 6.98. The molecule has 1 aliphatic carbocycles. The van der Waals surface area contributed by atoms with E-state index in [4.69, 9.17) is 15.2 Å². The Bertz CT molecular complexity index is 755. The molecule has 0 aromatic heterocycles. The Labute approximate surface area is 156 Å². The van der Waals surface area contributed by atoms with E-state index >= 15 is 0 Å². The fourth-order valence-electron chi connectivity index (χ4n) is 4.13. The highest BCUT2D eigenvalue weighted by atomic mass is 19.3. The lowest BCUT2D eigenvalue weighted by Crippen LogP contribution is -2.44. The van der Waals surface area contributed by atoms with Crippen molar-refractivity contribution in [1.82, 2.24) is 4.90 Å². The summed E-state index contributed by atoms with van der Waals surface area (Å²) in [6, 6.07) is 4.16. The normalized spacial score (nSPS) is 27.0. The first kappa shape index (κ1) is 19.4. The largest absolute Gasteiger partial charge is 0.497 e. The molecular weight excluding hydrogens is 358 g/mol. The SMILES string of the molecule is COc1ccc(CN2C(=O)C3(C[CH]CC(F)(F)C3)CC2C(N)=O)c(OC)c1. The van der Waals surface area contributed by atoms with Crippen molar-refractivity contribution in [2.24, 2.45) is 11.1 Å². The summed E-state index contributed by atoms with van der Waals surface area (Å²) in [5.41, 5.74) is 4.86. The average Bonchev–Trinajstić information content (AvgIpc) is 2.87. The standard InChI is InChI=1S/C19H23F2N2O4/c1-26-13-5-4-12(15(8-13)27-2)10-23-14(16(22)24)9-18(17(23)25)6-3-7-19(20,21)11-18/h3-5,8,14H,6-7,9-11H2,1-2H3,(H2,22,24). The molecule has 1 aromatic rings. The Kier molecular flexibility index (Phi) is 5.01. The summed E-state index contributed by atoms with van der Waals surface area (Å²) in [5, 5.41) is 0. The number of primary amides is 1. The molecule has 2 fully saturated rings. The Morgan fingerprint density at radius 3 is 2.63 bits per heavy atom. The number of ether oxygens (including phenoxy) is 2. The van der Waals surface area contributed by atoms with Crippen LogP contribution in [0.4, 0.5) is 8.78 Å². The predicted molar refractivity (Wildman–Crippen MR) is 93.2 cm³/mol. The lowest BCUT2D eigenvalue weighted by Gasteiger charge is -2.36. The van der Waals surface area contributed by atoms with E-state index in [2.05, 4.69) is 0 Å². The molecule has 8 heteroatoms. The van der Waals surface area contributed by atoms with Crippen LogP contribution in [0, 0.1) is 11.8 Å². The molecule has 2 aliphatic rings. The number of hydrogen-bond donors (Lipinski definition) is 1. The second-order valence-corrected chi connectivity index (χ2v) is 7.24. The van der Waals surface area contributed by atoms with E-state index in [-0.39, 0.29) is 25.8 Å². The van der Waals surface area contributed by atoms with Gasteiger partial charge in [-0.05, 0) is 31.4 Å². The van der Waals surface area contributed by atoms with Gasteiger partial charge in [-0.15, -0.1) is 0 Å². The molecule has 1 heterocycles. The third kappa shape index (κ3) is 3.57. The van der Waals surface area contributed by atoms with Crippen LogP contribution < -0.4 is 15.2 Å². The van der Waals surface area contributed by atoms with E-state index in [9.17, 15) is 18.4 Å². The van der Waals surface area contributed by atoms with Gasteiger partial charge in [0.1, 0.15) is 17.5 Å². The van der Waals surface area contributed by atoms with Crippen molar-refractivity contribution >= 4 is 11.8 Å². The highest BCUT2D eigenvalue weighted by Gasteiger charge is 2.58. The van der Waals surface area contributed by atoms with Gasteiger partial charge in [-0.2, -0.15) is 0 Å². The Balaban J connectivity index is 1.92. The summed E-state index contributed by atoms with van der Waals surface area (Å²) < 4.78 is 38.5. The van der Waals surface area contributed by atoms with Gasteiger partial charge in [0.05, 0.1) is 26.2 Å². The van der Waals surface area contributed by atoms with E-state index in [1.165, 1.54) is 25.5 Å². The molecule has 6 nitrogen and oxygen atoms in total. The number of likely N-dealkylation sites (tertiary alicyclic amines) is 1. The molecule has 1 radical (unpaired) electrons. The number of rotatable bonds is 5. The van der Waals surface area contributed by atoms with Crippen molar-refractivity contribution in [3.63, 3.8) is 0 Å². The number of halogens is 2. The molecule has 27 heavy (non-hydrogen) atoms. The number of carbonyl (C=O) groups excluding carboxylic acids is 2. The Morgan fingerprint density at radius 2 is 2.04 bits per heavy atom. The Hall–Kier alpha value is -2.38. The number of methoxy groups -OCH3 is 2. The Morgan fingerprint density at radius 1 is 1.30 bits per heavy atom. The lowest BCUT2D eigenvalue weighted by molar-refractivity contribution is -0.146. The molecule has 2 amide bonds. The van der Waals surface area contributed by atoms with Gasteiger partial charge in [0.15, 0.2) is 0 Å². The third-order valence-corrected chi connectivity index (χ3v) is 5.41. The van der Waals surface area contributed by atoms with Crippen LogP contribution in [0.3, 0.4) is 0 Å². The minimum Gasteiger partial charge on any atom is -0.497 e. The van der Waals surface area contributed by atoms with Gasteiger partial charge < -0.3 is 20.1 Å². The summed E-state index contributed by atoms with van der Waals surface area (Å²) in [6.07, 6.45) is 0.759. The molecule has 1 saturated carbocycles. The summed E-state index contributed by atoms with van der Waals surface area (Å²) in [6.45, 7) is 0.0485. The maximum absolute atomic E-state index is 14.0. The average molecular weight is 381 g/mol. The summed E-state index contributed by atoms with van der Waals surface area (Å²) in [4.78, 5) is 26.4. The molecule has 2 atom stereocenters. The topological polar surface area (TPSA) is 81.9 Å². The van der Waals surface area contributed by atoms with E-state index < -0.39 is 35.6 Å². The third-order valence-electron chi connectivity index (χ3n) is 5.41. The monoisotopic (exact) mass is 381 g/mol. The smallest absolute Gasteiger partial charge is 0.249 e. The first-order valence-electron chi connectivity index (χ1n) is 8.72. The van der Waals surface area contributed by atoms with Gasteiger partial charge in [0.25, 0.3) is 0 Å². The van der Waals surface area contributed by atoms with E-state index in [0.29, 0.717) is 17.1 Å². The molecule has 147 valence electrons. The number of benzene rings is 1. The summed E-state index contributed by atoms with van der Waals surface area (Å²) in [5.74, 6) is -3.05. The summed E-state index contributed by atoms with van der Waals surface area (Å²) >= 11 is 0. The van der Waals surface area contributed by atoms with Crippen molar-refractivity contribution in [2.75, 3.05) is 14.2 Å². The highest BCUT2D eigenvalue weighted by Crippen LogP contribution is 2.52. The maximum Gasteiger partial charge on any atom is 0.249 e. The zero-order valence-corrected chi connectivity index (χ0v) is 15.3. The highest BCUT2D eigenvalue weighted by molar-refractivity contribution is 5.94. The van der Waals surface area contributed by atoms with Crippen molar-refractivity contribution in [2.45, 2.75) is 44.2 Å². The van der Waals surface area contributed by atoms with E-state index in [0.717, 1.165) is 0 Å². The molecular formula is C19H23F2N2O4. The van der Waals surface area contributed by atoms with Crippen molar-refractivity contribution in [3.8, 4) is 11.5 Å². The minimum absolute atomic E-state index is 0.00568. The predicted octanol–water partition coefficient (Wildman–Crippen LogP) is 2.30. The van der Waals surface area contributed by atoms with Crippen LogP contribution in [0.1, 0.15) is 31.2 Å². The van der Waals surface area contributed by atoms with Gasteiger partial charge in [-0.3, -0.25) is 9.59 Å². The van der Waals surface area contributed by atoms with Crippen molar-refractivity contribution in [3.05, 3.63) is 30.2 Å². The summed E-state index contributed by atoms with van der Waals surface area (Å²) in [7, 11) is 3.00. The fraction of sp³-hybridized carbons (Fsp3) is 0.526. The minimum atomic E-state index is -2.95. The zero-order valence-electron chi connectivity index (χ0n) is 15.3. The number of nitrogens with two attached hydrogens (primary N) is 1. The lowest BCUT2D eigenvalue weighted by atomic mass is 9.70. The van der Waals surface area contributed by atoms with E-state index in [1.54, 1.807) is 18.2 Å². The van der Waals surface area contributed by atoms with Crippen LogP contribution in [0.2, 0.25) is 0 Å². The number of amides is 2. The van der Waals surface area contributed by atoms with Crippen molar-refractivity contribution < 1.29 is 27.8 Å². The number of nitrogens with zero attached hydrogens (tertiary/aromatic N) is 1. The van der Waals surface area contributed by atoms with Crippen LogP contribution in [0.5, 0.6) is 11.5 Å². The van der Waals surface area contributed by atoms with Crippen molar-refractivity contribution in [1.29, 1.82) is 0 Å². The van der Waals surface area contributed by atoms with Gasteiger partial charge in [0.2, 0.25) is 17.7 Å². The van der Waals surface area contributed by atoms with Gasteiger partial charge in [-0.1, -0.05) is 0 Å². The first-order valence-corrected chi connectivity index (χ1v) is 8.72. The van der Waals surface area contributed by atoms with Gasteiger partial charge in [0, 0.05) is 24.5 Å². The maximum atomic E-state index is 14.0. The number of carbonyl (C=O) groups is 2. The molecule has 0 bridgehead atoms. The molecule has 1 aromatic carbocycles. The van der Waals surface area contributed by atoms with Gasteiger partial charge in [-0.25, -0.2) is 8.78 Å². The number of hydrogen-bond acceptors (Lipinski definition) is 4. The molecule has 2 unspecified atom stereocenters. The van der Waals surface area contributed by atoms with E-state index in [1.807, 2.05) is 0 Å². The van der Waals surface area contributed by atoms with Crippen LogP contribution in [0.25, 0.3) is 0 Å². The second-order valence-electron chi connectivity index (χ2n) is 7.24. The molecule has 1 spiro atoms. The van der Waals surface area contributed by atoms with Crippen LogP contribution in [0.15, 0.2) is 18.2 Å². The quantitative estimate of drug-likeness (QED) is 0.849. The molecule has 3 rings (SSSR count). The van der Waals surface area contributed by atoms with Gasteiger partial charge >= 0.3 is 0 Å². The number of alkyl halides is 2.